The molecular weight excluding hydrogens is 294 g/mol. The maximum atomic E-state index is 11.5. The highest BCUT2D eigenvalue weighted by Gasteiger charge is 2.47. The Morgan fingerprint density at radius 3 is 3.00 bits per heavy atom. The van der Waals surface area contributed by atoms with Gasteiger partial charge in [0.15, 0.2) is 0 Å². The molecule has 1 aliphatic carbocycles. The number of benzene rings is 1. The Bertz CT molecular complexity index is 718. The fourth-order valence-electron chi connectivity index (χ4n) is 3.57. The van der Waals surface area contributed by atoms with Crippen molar-refractivity contribution in [2.45, 2.75) is 37.1 Å². The van der Waals surface area contributed by atoms with Crippen LogP contribution in [0.25, 0.3) is 10.9 Å². The summed E-state index contributed by atoms with van der Waals surface area (Å²) in [4.78, 5) is 16.7. The molecular formula is C17H19N3OS. The number of hydrogen-bond donors (Lipinski definition) is 1. The van der Waals surface area contributed by atoms with Crippen LogP contribution in [-0.4, -0.2) is 23.1 Å². The zero-order valence-electron chi connectivity index (χ0n) is 12.6. The van der Waals surface area contributed by atoms with Gasteiger partial charge in [0, 0.05) is 18.6 Å². The Morgan fingerprint density at radius 1 is 1.41 bits per heavy atom. The van der Waals surface area contributed by atoms with Crippen molar-refractivity contribution in [3.8, 4) is 0 Å². The molecule has 5 heteroatoms. The van der Waals surface area contributed by atoms with E-state index in [1.54, 1.807) is 0 Å². The molecule has 114 valence electrons. The van der Waals surface area contributed by atoms with Crippen molar-refractivity contribution < 1.29 is 0 Å². The highest BCUT2D eigenvalue weighted by molar-refractivity contribution is 7.80. The maximum absolute atomic E-state index is 11.5. The lowest BCUT2D eigenvalue weighted by molar-refractivity contribution is 0.325. The van der Waals surface area contributed by atoms with Crippen LogP contribution in [0.4, 0.5) is 0 Å². The van der Waals surface area contributed by atoms with E-state index in [1.165, 1.54) is 0 Å². The zero-order valence-corrected chi connectivity index (χ0v) is 13.4. The van der Waals surface area contributed by atoms with Gasteiger partial charge in [0.1, 0.15) is 6.04 Å². The van der Waals surface area contributed by atoms with Crippen molar-refractivity contribution in [3.63, 3.8) is 0 Å². The molecule has 3 rings (SSSR count). The third-order valence-corrected chi connectivity index (χ3v) is 5.30. The van der Waals surface area contributed by atoms with Crippen molar-refractivity contribution in [2.75, 3.05) is 7.05 Å². The third kappa shape index (κ3) is 2.29. The zero-order chi connectivity index (χ0) is 15.6. The molecule has 1 aromatic heterocycles. The first-order valence-corrected chi connectivity index (χ1v) is 8.03. The summed E-state index contributed by atoms with van der Waals surface area (Å²) in [7, 11) is 1.81. The van der Waals surface area contributed by atoms with Crippen LogP contribution >= 0.6 is 12.2 Å². The smallest absolute Gasteiger partial charge is 0.108 e. The van der Waals surface area contributed by atoms with Gasteiger partial charge in [-0.05, 0) is 30.5 Å². The van der Waals surface area contributed by atoms with Gasteiger partial charge in [-0.3, -0.25) is 4.98 Å². The van der Waals surface area contributed by atoms with Crippen molar-refractivity contribution in [1.29, 1.82) is 0 Å². The minimum absolute atomic E-state index is 0.329. The molecule has 1 fully saturated rings. The molecule has 0 radical (unpaired) electrons. The van der Waals surface area contributed by atoms with Crippen molar-refractivity contribution in [1.82, 2.24) is 10.3 Å². The number of nitroso groups, excluding NO2 is 1. The minimum atomic E-state index is -0.527. The lowest BCUT2D eigenvalue weighted by Gasteiger charge is -2.41. The second-order valence-electron chi connectivity index (χ2n) is 5.83. The summed E-state index contributed by atoms with van der Waals surface area (Å²) >= 11 is 5.60. The molecule has 0 saturated heterocycles. The van der Waals surface area contributed by atoms with Crippen LogP contribution in [0.5, 0.6) is 0 Å². The van der Waals surface area contributed by atoms with E-state index in [2.05, 4.69) is 21.5 Å². The average Bonchev–Trinajstić information content (AvgIpc) is 2.60. The first kappa shape index (κ1) is 15.0. The number of rotatable bonds is 3. The van der Waals surface area contributed by atoms with E-state index in [1.807, 2.05) is 37.5 Å². The van der Waals surface area contributed by atoms with Crippen LogP contribution in [0, 0.1) is 4.91 Å². The second kappa shape index (κ2) is 6.08. The fourth-order valence-corrected chi connectivity index (χ4v) is 3.92. The molecule has 2 atom stereocenters. The van der Waals surface area contributed by atoms with Crippen LogP contribution in [-0.2, 0) is 5.41 Å². The number of thiocarbonyl (C=S) groups is 1. The lowest BCUT2D eigenvalue weighted by atomic mass is 9.66. The summed E-state index contributed by atoms with van der Waals surface area (Å²) < 4.78 is 0. The predicted octanol–water partition coefficient (Wildman–Crippen LogP) is 3.73. The van der Waals surface area contributed by atoms with Crippen LogP contribution in [0.15, 0.2) is 41.7 Å². The van der Waals surface area contributed by atoms with Gasteiger partial charge in [-0.25, -0.2) is 0 Å². The topological polar surface area (TPSA) is 54.4 Å². The number of para-hydroxylation sites is 1. The van der Waals surface area contributed by atoms with Crippen LogP contribution in [0.1, 0.15) is 31.2 Å². The Balaban J connectivity index is 2.18. The molecule has 1 heterocycles. The van der Waals surface area contributed by atoms with Gasteiger partial charge in [-0.1, -0.05) is 48.4 Å². The highest BCUT2D eigenvalue weighted by Crippen LogP contribution is 2.42. The molecule has 1 aromatic carbocycles. The SMILES string of the molecule is CNC(=S)C1(c2cnc3ccccc3c2)CCCCC1N=O. The van der Waals surface area contributed by atoms with E-state index >= 15 is 0 Å². The Kier molecular flexibility index (Phi) is 4.16. The van der Waals surface area contributed by atoms with E-state index in [4.69, 9.17) is 12.2 Å². The number of likely N-dealkylation sites (N-methyl/N-ethyl adjacent to an activating group) is 1. The Labute approximate surface area is 135 Å². The third-order valence-electron chi connectivity index (χ3n) is 4.73. The molecule has 22 heavy (non-hydrogen) atoms. The van der Waals surface area contributed by atoms with E-state index in [0.29, 0.717) is 4.99 Å². The first-order chi connectivity index (χ1) is 10.7. The summed E-state index contributed by atoms with van der Waals surface area (Å²) in [6.45, 7) is 0. The number of nitrogens with zero attached hydrogens (tertiary/aromatic N) is 2. The lowest BCUT2D eigenvalue weighted by Crippen LogP contribution is -2.51. The summed E-state index contributed by atoms with van der Waals surface area (Å²) in [5.74, 6) is 0. The van der Waals surface area contributed by atoms with Gasteiger partial charge in [0.25, 0.3) is 0 Å². The standard InChI is InChI=1S/C17H19N3OS/c1-18-16(22)17(9-5-4-8-15(17)20-21)13-10-12-6-2-3-7-14(12)19-11-13/h2-3,6-7,10-11,15H,4-5,8-9H2,1H3,(H,18,22). The Morgan fingerprint density at radius 2 is 2.23 bits per heavy atom. The van der Waals surface area contributed by atoms with Gasteiger partial charge >= 0.3 is 0 Å². The largest absolute Gasteiger partial charge is 0.382 e. The number of hydrogen-bond acceptors (Lipinski definition) is 4. The molecule has 0 bridgehead atoms. The summed E-state index contributed by atoms with van der Waals surface area (Å²) in [6.07, 6.45) is 5.53. The van der Waals surface area contributed by atoms with E-state index in [9.17, 15) is 4.91 Å². The number of pyridine rings is 1. The van der Waals surface area contributed by atoms with Crippen LogP contribution in [0.2, 0.25) is 0 Å². The second-order valence-corrected chi connectivity index (χ2v) is 6.24. The monoisotopic (exact) mass is 313 g/mol. The van der Waals surface area contributed by atoms with Crippen LogP contribution in [0.3, 0.4) is 0 Å². The first-order valence-electron chi connectivity index (χ1n) is 7.62. The van der Waals surface area contributed by atoms with Gasteiger partial charge in [-0.2, -0.15) is 4.91 Å². The molecule has 2 aromatic rings. The Hall–Kier alpha value is -1.88. The van der Waals surface area contributed by atoms with Gasteiger partial charge in [-0.15, -0.1) is 0 Å². The average molecular weight is 313 g/mol. The molecule has 1 saturated carbocycles. The molecule has 0 aliphatic heterocycles. The number of aromatic nitrogens is 1. The molecule has 2 unspecified atom stereocenters. The molecule has 1 N–H and O–H groups in total. The van der Waals surface area contributed by atoms with Crippen LogP contribution < -0.4 is 5.32 Å². The van der Waals surface area contributed by atoms with Gasteiger partial charge in [0.2, 0.25) is 0 Å². The van der Waals surface area contributed by atoms with E-state index in [0.717, 1.165) is 42.1 Å². The maximum Gasteiger partial charge on any atom is 0.108 e. The summed E-state index contributed by atoms with van der Waals surface area (Å²) in [5, 5.41) is 7.58. The summed E-state index contributed by atoms with van der Waals surface area (Å²) in [6, 6.07) is 9.76. The normalized spacial score (nSPS) is 24.9. The molecule has 0 amide bonds. The minimum Gasteiger partial charge on any atom is -0.382 e. The predicted molar refractivity (Wildman–Crippen MR) is 93.1 cm³/mol. The van der Waals surface area contributed by atoms with Crippen molar-refractivity contribution in [3.05, 3.63) is 47.0 Å². The fraction of sp³-hybridized carbons (Fsp3) is 0.412. The molecule has 0 spiro atoms. The molecule has 1 aliphatic rings. The number of nitrogens with one attached hydrogen (secondary N) is 1. The van der Waals surface area contributed by atoms with E-state index in [-0.39, 0.29) is 6.04 Å². The van der Waals surface area contributed by atoms with Gasteiger partial charge < -0.3 is 5.32 Å². The molecule has 4 nitrogen and oxygen atoms in total. The highest BCUT2D eigenvalue weighted by atomic mass is 32.1. The quantitative estimate of drug-likeness (QED) is 0.693. The van der Waals surface area contributed by atoms with E-state index < -0.39 is 5.41 Å². The number of fused-ring (bicyclic) bond motifs is 1. The summed E-state index contributed by atoms with van der Waals surface area (Å²) in [5.41, 5.74) is 1.42. The van der Waals surface area contributed by atoms with Crippen molar-refractivity contribution >= 4 is 28.1 Å². The van der Waals surface area contributed by atoms with Crippen molar-refractivity contribution in [2.24, 2.45) is 5.18 Å². The van der Waals surface area contributed by atoms with Gasteiger partial charge in [0.05, 0.1) is 15.9 Å².